The topological polar surface area (TPSA) is 85.5 Å². The summed E-state index contributed by atoms with van der Waals surface area (Å²) in [7, 11) is 0. The summed E-state index contributed by atoms with van der Waals surface area (Å²) in [5.41, 5.74) is 1.46. The van der Waals surface area contributed by atoms with Gasteiger partial charge in [-0.3, -0.25) is 19.3 Å². The van der Waals surface area contributed by atoms with Crippen LogP contribution in [0.4, 0.5) is 5.69 Å². The van der Waals surface area contributed by atoms with E-state index in [1.165, 1.54) is 0 Å². The molecule has 0 saturated carbocycles. The van der Waals surface area contributed by atoms with Gasteiger partial charge in [0.1, 0.15) is 5.69 Å². The lowest BCUT2D eigenvalue weighted by Crippen LogP contribution is -2.49. The quantitative estimate of drug-likeness (QED) is 0.610. The van der Waals surface area contributed by atoms with Gasteiger partial charge in [-0.1, -0.05) is 29.6 Å². The van der Waals surface area contributed by atoms with Gasteiger partial charge in [0, 0.05) is 30.5 Å². The molecule has 4 rings (SSSR count). The summed E-state index contributed by atoms with van der Waals surface area (Å²) in [6.45, 7) is 2.29. The second kappa shape index (κ2) is 10.1. The molecule has 2 aliphatic rings. The van der Waals surface area contributed by atoms with Crippen molar-refractivity contribution in [2.24, 2.45) is 0 Å². The number of likely N-dealkylation sites (tertiary alicyclic amines) is 2. The summed E-state index contributed by atoms with van der Waals surface area (Å²) in [6.07, 6.45) is 6.13. The van der Waals surface area contributed by atoms with E-state index < -0.39 is 6.04 Å². The van der Waals surface area contributed by atoms with Crippen LogP contribution in [0.3, 0.4) is 0 Å². The molecule has 1 aromatic heterocycles. The van der Waals surface area contributed by atoms with Crippen LogP contribution in [0.25, 0.3) is 0 Å². The van der Waals surface area contributed by atoms with E-state index in [0.29, 0.717) is 40.0 Å². The minimum Gasteiger partial charge on any atom is -0.356 e. The number of anilines is 1. The van der Waals surface area contributed by atoms with Gasteiger partial charge in [0.2, 0.25) is 5.91 Å². The van der Waals surface area contributed by atoms with Gasteiger partial charge in [0.05, 0.1) is 22.6 Å². The predicted octanol–water partition coefficient (Wildman–Crippen LogP) is 4.23. The van der Waals surface area contributed by atoms with Crippen LogP contribution in [0.1, 0.15) is 53.0 Å². The third kappa shape index (κ3) is 5.17. The molecule has 2 aromatic rings. The fraction of sp³-hybridized carbons (Fsp3) is 0.435. The molecular formula is C23H26Cl2N4O3. The summed E-state index contributed by atoms with van der Waals surface area (Å²) in [6, 6.07) is 6.15. The van der Waals surface area contributed by atoms with Gasteiger partial charge in [-0.15, -0.1) is 0 Å². The number of rotatable bonds is 6. The van der Waals surface area contributed by atoms with Crippen LogP contribution in [-0.2, 0) is 4.79 Å². The molecule has 7 nitrogen and oxygen atoms in total. The van der Waals surface area contributed by atoms with Crippen LogP contribution in [0.15, 0.2) is 30.5 Å². The summed E-state index contributed by atoms with van der Waals surface area (Å²) in [5, 5.41) is 3.67. The number of hydrogen-bond donors (Lipinski definition) is 2. The van der Waals surface area contributed by atoms with E-state index in [0.717, 1.165) is 38.8 Å². The van der Waals surface area contributed by atoms with E-state index >= 15 is 0 Å². The zero-order valence-electron chi connectivity index (χ0n) is 17.7. The standard InChI is InChI=1S/C23H26Cl2N4O3/c24-17-7-6-16(12-18(17)25)27-22(31)20-5-1-2-10-29(20)14-21(30)15-11-19(26-13-15)23(32)28-8-3-4-9-28/h6-7,11-13,20,26H,1-5,8-10,14H2,(H,27,31). The molecule has 0 aliphatic carbocycles. The smallest absolute Gasteiger partial charge is 0.270 e. The summed E-state index contributed by atoms with van der Waals surface area (Å²) in [4.78, 5) is 45.1. The number of H-pyrrole nitrogens is 1. The number of nitrogens with one attached hydrogen (secondary N) is 2. The maximum Gasteiger partial charge on any atom is 0.270 e. The Kier molecular flexibility index (Phi) is 7.18. The number of aromatic amines is 1. The first kappa shape index (κ1) is 22.8. The Hall–Kier alpha value is -2.35. The average molecular weight is 477 g/mol. The summed E-state index contributed by atoms with van der Waals surface area (Å²) in [5.74, 6) is -0.357. The van der Waals surface area contributed by atoms with Crippen molar-refractivity contribution in [2.45, 2.75) is 38.1 Å². The number of ketones is 1. The Labute approximate surface area is 197 Å². The van der Waals surface area contributed by atoms with Gasteiger partial charge in [0.25, 0.3) is 5.91 Å². The molecule has 9 heteroatoms. The van der Waals surface area contributed by atoms with E-state index in [4.69, 9.17) is 23.2 Å². The second-order valence-corrected chi connectivity index (χ2v) is 9.14. The van der Waals surface area contributed by atoms with Crippen molar-refractivity contribution in [3.63, 3.8) is 0 Å². The van der Waals surface area contributed by atoms with Gasteiger partial charge in [-0.25, -0.2) is 0 Å². The zero-order valence-corrected chi connectivity index (χ0v) is 19.2. The molecule has 1 aromatic carbocycles. The summed E-state index contributed by atoms with van der Waals surface area (Å²) < 4.78 is 0. The Morgan fingerprint density at radius 1 is 1.00 bits per heavy atom. The van der Waals surface area contributed by atoms with Gasteiger partial charge < -0.3 is 15.2 Å². The number of carbonyl (C=O) groups excluding carboxylic acids is 3. The molecule has 2 amide bonds. The highest BCUT2D eigenvalue weighted by Gasteiger charge is 2.31. The molecule has 2 aliphatic heterocycles. The van der Waals surface area contributed by atoms with Crippen LogP contribution >= 0.6 is 23.2 Å². The average Bonchev–Trinajstić information content (AvgIpc) is 3.49. The molecule has 0 bridgehead atoms. The van der Waals surface area contributed by atoms with Crippen LogP contribution < -0.4 is 5.32 Å². The van der Waals surface area contributed by atoms with Gasteiger partial charge >= 0.3 is 0 Å². The lowest BCUT2D eigenvalue weighted by Gasteiger charge is -2.34. The molecule has 0 spiro atoms. The van der Waals surface area contributed by atoms with E-state index in [2.05, 4.69) is 10.3 Å². The number of benzene rings is 1. The largest absolute Gasteiger partial charge is 0.356 e. The van der Waals surface area contributed by atoms with Crippen molar-refractivity contribution in [1.29, 1.82) is 0 Å². The fourth-order valence-electron chi connectivity index (χ4n) is 4.32. The molecule has 2 saturated heterocycles. The minimum absolute atomic E-state index is 0.0709. The first-order chi connectivity index (χ1) is 15.4. The van der Waals surface area contributed by atoms with Crippen LogP contribution in [-0.4, -0.2) is 64.6 Å². The first-order valence-corrected chi connectivity index (χ1v) is 11.7. The number of carbonyl (C=O) groups is 3. The Bertz CT molecular complexity index is 1020. The molecule has 3 heterocycles. The van der Waals surface area contributed by atoms with Gasteiger partial charge in [-0.2, -0.15) is 0 Å². The predicted molar refractivity (Wildman–Crippen MR) is 125 cm³/mol. The SMILES string of the molecule is O=C(CN1CCCCC1C(=O)Nc1ccc(Cl)c(Cl)c1)c1c[nH]c(C(=O)N2CCCC2)c1. The summed E-state index contributed by atoms with van der Waals surface area (Å²) >= 11 is 12.0. The number of amides is 2. The third-order valence-corrected chi connectivity index (χ3v) is 6.82. The highest BCUT2D eigenvalue weighted by atomic mass is 35.5. The van der Waals surface area contributed by atoms with E-state index in [9.17, 15) is 14.4 Å². The van der Waals surface area contributed by atoms with Crippen molar-refractivity contribution >= 4 is 46.5 Å². The van der Waals surface area contributed by atoms with Gasteiger partial charge in [-0.05, 0) is 56.5 Å². The van der Waals surface area contributed by atoms with E-state index in [1.807, 2.05) is 4.90 Å². The van der Waals surface area contributed by atoms with Crippen LogP contribution in [0.5, 0.6) is 0 Å². The third-order valence-electron chi connectivity index (χ3n) is 6.08. The Morgan fingerprint density at radius 3 is 2.50 bits per heavy atom. The minimum atomic E-state index is -0.410. The molecule has 1 unspecified atom stereocenters. The highest BCUT2D eigenvalue weighted by Crippen LogP contribution is 2.26. The molecule has 1 atom stereocenters. The second-order valence-electron chi connectivity index (χ2n) is 8.32. The molecule has 170 valence electrons. The molecular weight excluding hydrogens is 451 g/mol. The van der Waals surface area contributed by atoms with Crippen LogP contribution in [0, 0.1) is 0 Å². The number of halogens is 2. The normalized spacial score (nSPS) is 19.2. The van der Waals surface area contributed by atoms with Crippen molar-refractivity contribution in [1.82, 2.24) is 14.8 Å². The number of aromatic nitrogens is 1. The Morgan fingerprint density at radius 2 is 1.75 bits per heavy atom. The Balaban J connectivity index is 1.40. The van der Waals surface area contributed by atoms with E-state index in [-0.39, 0.29) is 24.1 Å². The van der Waals surface area contributed by atoms with Crippen molar-refractivity contribution < 1.29 is 14.4 Å². The lowest BCUT2D eigenvalue weighted by atomic mass is 10.00. The maximum absolute atomic E-state index is 12.9. The maximum atomic E-state index is 12.9. The molecule has 32 heavy (non-hydrogen) atoms. The molecule has 0 radical (unpaired) electrons. The number of hydrogen-bond acceptors (Lipinski definition) is 4. The molecule has 2 N–H and O–H groups in total. The van der Waals surface area contributed by atoms with Crippen molar-refractivity contribution in [2.75, 3.05) is 31.5 Å². The number of piperidine rings is 1. The monoisotopic (exact) mass is 476 g/mol. The van der Waals surface area contributed by atoms with E-state index in [1.54, 1.807) is 35.4 Å². The number of Topliss-reactive ketones (excluding diaryl/α,β-unsaturated/α-hetero) is 1. The van der Waals surface area contributed by atoms with Crippen molar-refractivity contribution in [3.8, 4) is 0 Å². The molecule has 2 fully saturated rings. The lowest BCUT2D eigenvalue weighted by molar-refractivity contribution is -0.122. The van der Waals surface area contributed by atoms with Crippen LogP contribution in [0.2, 0.25) is 10.0 Å². The zero-order chi connectivity index (χ0) is 22.7. The van der Waals surface area contributed by atoms with Gasteiger partial charge in [0.15, 0.2) is 5.78 Å². The van der Waals surface area contributed by atoms with Crippen molar-refractivity contribution in [3.05, 3.63) is 51.8 Å². The first-order valence-electron chi connectivity index (χ1n) is 10.9. The fourth-order valence-corrected chi connectivity index (χ4v) is 4.62. The highest BCUT2D eigenvalue weighted by molar-refractivity contribution is 6.42. The number of nitrogens with zero attached hydrogens (tertiary/aromatic N) is 2.